The molecule has 0 spiro atoms. The number of hydrogen-bond acceptors (Lipinski definition) is 3. The minimum absolute atomic E-state index is 0.0443. The summed E-state index contributed by atoms with van der Waals surface area (Å²) in [5, 5.41) is 0. The van der Waals surface area contributed by atoms with Crippen molar-refractivity contribution in [3.63, 3.8) is 0 Å². The number of hydrogen-bond donors (Lipinski definition) is 1. The minimum atomic E-state index is -3.49. The molecule has 6 heteroatoms. The first-order chi connectivity index (χ1) is 12.9. The second kappa shape index (κ2) is 7.09. The van der Waals surface area contributed by atoms with Crippen LogP contribution < -0.4 is 4.72 Å². The van der Waals surface area contributed by atoms with E-state index in [2.05, 4.69) is 35.9 Å². The molecule has 1 saturated carbocycles. The molecule has 1 unspecified atom stereocenters. The number of amides is 1. The van der Waals surface area contributed by atoms with Gasteiger partial charge in [-0.3, -0.25) is 4.79 Å². The van der Waals surface area contributed by atoms with E-state index in [1.165, 1.54) is 17.7 Å². The topological polar surface area (TPSA) is 66.5 Å². The van der Waals surface area contributed by atoms with Crippen LogP contribution in [-0.4, -0.2) is 31.8 Å². The molecule has 2 aromatic carbocycles. The summed E-state index contributed by atoms with van der Waals surface area (Å²) in [6.07, 6.45) is 3.71. The maximum absolute atomic E-state index is 13.0. The zero-order valence-electron chi connectivity index (χ0n) is 15.4. The Morgan fingerprint density at radius 3 is 2.30 bits per heavy atom. The van der Waals surface area contributed by atoms with Gasteiger partial charge in [0.05, 0.1) is 10.9 Å². The Bertz CT molecular complexity index is 932. The van der Waals surface area contributed by atoms with Crippen molar-refractivity contribution in [1.29, 1.82) is 0 Å². The summed E-state index contributed by atoms with van der Waals surface area (Å²) >= 11 is 0. The van der Waals surface area contributed by atoms with Crippen LogP contribution in [0.4, 0.5) is 0 Å². The van der Waals surface area contributed by atoms with E-state index in [-0.39, 0.29) is 22.9 Å². The van der Waals surface area contributed by atoms with Crippen LogP contribution in [0.5, 0.6) is 0 Å². The van der Waals surface area contributed by atoms with Gasteiger partial charge in [0.1, 0.15) is 0 Å². The summed E-state index contributed by atoms with van der Waals surface area (Å²) in [5.41, 5.74) is 2.88. The zero-order valence-corrected chi connectivity index (χ0v) is 16.2. The fourth-order valence-electron chi connectivity index (χ4n) is 3.58. The van der Waals surface area contributed by atoms with Gasteiger partial charge in [0.2, 0.25) is 10.0 Å². The predicted molar refractivity (Wildman–Crippen MR) is 104 cm³/mol. The summed E-state index contributed by atoms with van der Waals surface area (Å²) < 4.78 is 27.2. The lowest BCUT2D eigenvalue weighted by Gasteiger charge is -2.25. The molecule has 1 saturated heterocycles. The van der Waals surface area contributed by atoms with Crippen molar-refractivity contribution in [2.24, 2.45) is 0 Å². The van der Waals surface area contributed by atoms with Gasteiger partial charge in [-0.05, 0) is 62.4 Å². The fourth-order valence-corrected chi connectivity index (χ4v) is 4.88. The Morgan fingerprint density at radius 2 is 1.67 bits per heavy atom. The number of carbonyl (C=O) groups is 1. The van der Waals surface area contributed by atoms with Crippen molar-refractivity contribution in [1.82, 2.24) is 9.62 Å². The highest BCUT2D eigenvalue weighted by atomic mass is 32.2. The highest BCUT2D eigenvalue weighted by Crippen LogP contribution is 2.33. The van der Waals surface area contributed by atoms with Crippen molar-refractivity contribution >= 4 is 15.9 Å². The number of benzene rings is 2. The highest BCUT2D eigenvalue weighted by Gasteiger charge is 2.31. The predicted octanol–water partition coefficient (Wildman–Crippen LogP) is 3.41. The van der Waals surface area contributed by atoms with Gasteiger partial charge >= 0.3 is 0 Å². The molecule has 2 aliphatic rings. The first-order valence-electron chi connectivity index (χ1n) is 9.44. The van der Waals surface area contributed by atoms with E-state index in [0.29, 0.717) is 5.56 Å². The molecule has 0 bridgehead atoms. The maximum Gasteiger partial charge on any atom is 0.254 e. The third kappa shape index (κ3) is 3.92. The van der Waals surface area contributed by atoms with Gasteiger partial charge in [-0.25, -0.2) is 13.1 Å². The first-order valence-corrected chi connectivity index (χ1v) is 10.9. The molecule has 1 amide bonds. The van der Waals surface area contributed by atoms with E-state index in [0.717, 1.165) is 37.8 Å². The number of nitrogens with one attached hydrogen (secondary N) is 1. The Morgan fingerprint density at radius 1 is 1.00 bits per heavy atom. The molecular weight excluding hydrogens is 360 g/mol. The van der Waals surface area contributed by atoms with Crippen LogP contribution in [0.3, 0.4) is 0 Å². The van der Waals surface area contributed by atoms with E-state index < -0.39 is 10.0 Å². The number of rotatable bonds is 5. The smallest absolute Gasteiger partial charge is 0.254 e. The molecule has 1 aliphatic heterocycles. The van der Waals surface area contributed by atoms with Crippen molar-refractivity contribution < 1.29 is 13.2 Å². The molecule has 1 heterocycles. The van der Waals surface area contributed by atoms with Gasteiger partial charge < -0.3 is 4.90 Å². The van der Waals surface area contributed by atoms with Gasteiger partial charge in [-0.15, -0.1) is 0 Å². The number of sulfonamides is 1. The molecule has 142 valence electrons. The Labute approximate surface area is 160 Å². The van der Waals surface area contributed by atoms with Crippen LogP contribution in [0.15, 0.2) is 53.4 Å². The van der Waals surface area contributed by atoms with Crippen LogP contribution in [0.25, 0.3) is 0 Å². The van der Waals surface area contributed by atoms with E-state index >= 15 is 0 Å². The number of carbonyl (C=O) groups excluding carboxylic acids is 1. The molecular formula is C21H24N2O3S. The van der Waals surface area contributed by atoms with Gasteiger partial charge in [0, 0.05) is 18.2 Å². The average Bonchev–Trinajstić information content (AvgIpc) is 3.32. The third-order valence-electron chi connectivity index (χ3n) is 5.29. The monoisotopic (exact) mass is 384 g/mol. The maximum atomic E-state index is 13.0. The molecule has 2 aromatic rings. The second-order valence-corrected chi connectivity index (χ2v) is 9.20. The summed E-state index contributed by atoms with van der Waals surface area (Å²) in [6.45, 7) is 2.77. The fraction of sp³-hybridized carbons (Fsp3) is 0.381. The molecule has 1 N–H and O–H groups in total. The largest absolute Gasteiger partial charge is 0.332 e. The quantitative estimate of drug-likeness (QED) is 0.859. The molecule has 0 aromatic heterocycles. The van der Waals surface area contributed by atoms with Crippen LogP contribution >= 0.6 is 0 Å². The van der Waals surface area contributed by atoms with Gasteiger partial charge in [-0.2, -0.15) is 0 Å². The normalized spacial score (nSPS) is 20.0. The Kier molecular flexibility index (Phi) is 4.78. The van der Waals surface area contributed by atoms with E-state index in [4.69, 9.17) is 0 Å². The van der Waals surface area contributed by atoms with E-state index in [9.17, 15) is 13.2 Å². The summed E-state index contributed by atoms with van der Waals surface area (Å²) in [5.74, 6) is -0.0443. The van der Waals surface area contributed by atoms with Crippen LogP contribution in [0.2, 0.25) is 0 Å². The average molecular weight is 385 g/mol. The third-order valence-corrected chi connectivity index (χ3v) is 6.82. The van der Waals surface area contributed by atoms with E-state index in [1.54, 1.807) is 12.1 Å². The van der Waals surface area contributed by atoms with E-state index in [1.807, 2.05) is 4.90 Å². The molecule has 0 radical (unpaired) electrons. The van der Waals surface area contributed by atoms with Gasteiger partial charge in [0.15, 0.2) is 0 Å². The Hall–Kier alpha value is -2.18. The first kappa shape index (κ1) is 18.2. The number of likely N-dealkylation sites (tertiary alicyclic amines) is 1. The molecule has 2 fully saturated rings. The number of aryl methyl sites for hydroxylation is 1. The van der Waals surface area contributed by atoms with Gasteiger partial charge in [0.25, 0.3) is 5.91 Å². The van der Waals surface area contributed by atoms with Crippen LogP contribution in [0.1, 0.15) is 53.2 Å². The number of nitrogens with zero attached hydrogens (tertiary/aromatic N) is 1. The van der Waals surface area contributed by atoms with Crippen LogP contribution in [0, 0.1) is 6.92 Å². The minimum Gasteiger partial charge on any atom is -0.332 e. The summed E-state index contributed by atoms with van der Waals surface area (Å²) in [6, 6.07) is 14.8. The van der Waals surface area contributed by atoms with Gasteiger partial charge in [-0.1, -0.05) is 29.8 Å². The summed E-state index contributed by atoms with van der Waals surface area (Å²) in [7, 11) is -3.49. The second-order valence-electron chi connectivity index (χ2n) is 7.49. The molecule has 27 heavy (non-hydrogen) atoms. The molecule has 4 rings (SSSR count). The van der Waals surface area contributed by atoms with Crippen LogP contribution in [-0.2, 0) is 10.0 Å². The Balaban J connectivity index is 1.52. The molecule has 1 aliphatic carbocycles. The summed E-state index contributed by atoms with van der Waals surface area (Å²) in [4.78, 5) is 15.1. The molecule has 1 atom stereocenters. The molecule has 5 nitrogen and oxygen atoms in total. The van der Waals surface area contributed by atoms with Crippen molar-refractivity contribution in [3.8, 4) is 0 Å². The van der Waals surface area contributed by atoms with Crippen molar-refractivity contribution in [3.05, 3.63) is 65.2 Å². The lowest BCUT2D eigenvalue weighted by molar-refractivity contribution is 0.0735. The van der Waals surface area contributed by atoms with Crippen molar-refractivity contribution in [2.75, 3.05) is 6.54 Å². The SMILES string of the molecule is Cc1ccc(C2CCCN2C(=O)c2ccc(S(=O)(=O)NC3CC3)cc2)cc1. The lowest BCUT2D eigenvalue weighted by Crippen LogP contribution is -2.30. The lowest BCUT2D eigenvalue weighted by atomic mass is 10.0. The van der Waals surface area contributed by atoms with Crippen molar-refractivity contribution in [2.45, 2.75) is 49.6 Å². The highest BCUT2D eigenvalue weighted by molar-refractivity contribution is 7.89. The zero-order chi connectivity index (χ0) is 19.0. The standard InChI is InChI=1S/C21H24N2O3S/c1-15-4-6-16(7-5-15)20-3-2-14-23(20)21(24)17-8-12-19(13-9-17)27(25,26)22-18-10-11-18/h4-9,12-13,18,20,22H,2-3,10-11,14H2,1H3.